The van der Waals surface area contributed by atoms with Crippen LogP contribution in [0.1, 0.15) is 42.3 Å². The van der Waals surface area contributed by atoms with Gasteiger partial charge in [0.05, 0.1) is 12.1 Å². The lowest BCUT2D eigenvalue weighted by molar-refractivity contribution is -0.137. The first-order chi connectivity index (χ1) is 12.7. The number of benzene rings is 1. The van der Waals surface area contributed by atoms with Gasteiger partial charge in [-0.25, -0.2) is 0 Å². The SMILES string of the molecule is Cc1nnn(Cc2cc(C(F)(F)F)ccc2/C=C/C(=O)N2CCCC2C)n1. The predicted octanol–water partition coefficient (Wildman–Crippen LogP) is 3.07. The number of carbonyl (C=O) groups excluding carboxylic acids is 1. The molecular formula is C18H20F3N5O. The van der Waals surface area contributed by atoms with Crippen LogP contribution in [-0.2, 0) is 17.5 Å². The molecule has 0 saturated carbocycles. The minimum atomic E-state index is -4.45. The molecular weight excluding hydrogens is 359 g/mol. The standard InChI is InChI=1S/C18H20F3N5O/c1-12-4-3-9-25(12)17(27)8-6-14-5-7-16(18(19,20)21)10-15(14)11-26-23-13(2)22-24-26/h5-8,10,12H,3-4,9,11H2,1-2H3/b8-6+. The summed E-state index contributed by atoms with van der Waals surface area (Å²) in [5.74, 6) is 0.290. The number of alkyl halides is 3. The summed E-state index contributed by atoms with van der Waals surface area (Å²) >= 11 is 0. The lowest BCUT2D eigenvalue weighted by Crippen LogP contribution is -2.32. The molecule has 2 aromatic rings. The van der Waals surface area contributed by atoms with Gasteiger partial charge in [0.25, 0.3) is 0 Å². The molecule has 0 aliphatic carbocycles. The van der Waals surface area contributed by atoms with Crippen molar-refractivity contribution < 1.29 is 18.0 Å². The van der Waals surface area contributed by atoms with Crippen molar-refractivity contribution in [2.45, 2.75) is 45.5 Å². The highest BCUT2D eigenvalue weighted by molar-refractivity contribution is 5.92. The van der Waals surface area contributed by atoms with Gasteiger partial charge in [-0.05, 0) is 61.2 Å². The van der Waals surface area contributed by atoms with Crippen LogP contribution in [0.3, 0.4) is 0 Å². The third-order valence-corrected chi connectivity index (χ3v) is 4.58. The second-order valence-electron chi connectivity index (χ2n) is 6.63. The lowest BCUT2D eigenvalue weighted by atomic mass is 10.0. The fraction of sp³-hybridized carbons (Fsp3) is 0.444. The van der Waals surface area contributed by atoms with Gasteiger partial charge in [0.15, 0.2) is 5.82 Å². The zero-order valence-electron chi connectivity index (χ0n) is 15.1. The predicted molar refractivity (Wildman–Crippen MR) is 92.5 cm³/mol. The summed E-state index contributed by atoms with van der Waals surface area (Å²) in [7, 11) is 0. The minimum absolute atomic E-state index is 0.0265. The molecule has 0 bridgehead atoms. The van der Waals surface area contributed by atoms with Crippen LogP contribution in [0.2, 0.25) is 0 Å². The molecule has 9 heteroatoms. The maximum Gasteiger partial charge on any atom is 0.416 e. The van der Waals surface area contributed by atoms with E-state index in [9.17, 15) is 18.0 Å². The zero-order chi connectivity index (χ0) is 19.6. The number of aromatic nitrogens is 4. The van der Waals surface area contributed by atoms with Crippen molar-refractivity contribution in [3.63, 3.8) is 0 Å². The van der Waals surface area contributed by atoms with E-state index < -0.39 is 11.7 Å². The molecule has 27 heavy (non-hydrogen) atoms. The molecule has 1 aromatic carbocycles. The molecule has 1 aliphatic rings. The van der Waals surface area contributed by atoms with Gasteiger partial charge in [0, 0.05) is 18.7 Å². The fourth-order valence-electron chi connectivity index (χ4n) is 3.14. The number of likely N-dealkylation sites (tertiary alicyclic amines) is 1. The van der Waals surface area contributed by atoms with Gasteiger partial charge in [-0.1, -0.05) is 6.07 Å². The van der Waals surface area contributed by atoms with Crippen molar-refractivity contribution in [3.8, 4) is 0 Å². The molecule has 0 radical (unpaired) electrons. The molecule has 1 aliphatic heterocycles. The van der Waals surface area contributed by atoms with Crippen LogP contribution in [0.15, 0.2) is 24.3 Å². The molecule has 144 valence electrons. The van der Waals surface area contributed by atoms with Crippen molar-refractivity contribution in [3.05, 3.63) is 46.8 Å². The van der Waals surface area contributed by atoms with Gasteiger partial charge in [0.2, 0.25) is 5.91 Å². The highest BCUT2D eigenvalue weighted by Crippen LogP contribution is 2.31. The van der Waals surface area contributed by atoms with Crippen molar-refractivity contribution in [1.29, 1.82) is 0 Å². The van der Waals surface area contributed by atoms with E-state index in [-0.39, 0.29) is 18.5 Å². The number of aryl methyl sites for hydroxylation is 1. The van der Waals surface area contributed by atoms with Gasteiger partial charge in [-0.15, -0.1) is 10.2 Å². The number of amides is 1. The second-order valence-corrected chi connectivity index (χ2v) is 6.63. The zero-order valence-corrected chi connectivity index (χ0v) is 15.1. The Kier molecular flexibility index (Phi) is 5.29. The normalized spacial score (nSPS) is 17.8. The molecule has 1 amide bonds. The Balaban J connectivity index is 1.88. The quantitative estimate of drug-likeness (QED) is 0.766. The van der Waals surface area contributed by atoms with E-state index in [4.69, 9.17) is 0 Å². The van der Waals surface area contributed by atoms with Crippen LogP contribution >= 0.6 is 0 Å². The van der Waals surface area contributed by atoms with Crippen molar-refractivity contribution >= 4 is 12.0 Å². The first kappa shape index (κ1) is 19.1. The highest BCUT2D eigenvalue weighted by atomic mass is 19.4. The Labute approximate surface area is 154 Å². The van der Waals surface area contributed by atoms with Gasteiger partial charge in [0.1, 0.15) is 0 Å². The van der Waals surface area contributed by atoms with E-state index in [0.29, 0.717) is 23.5 Å². The third-order valence-electron chi connectivity index (χ3n) is 4.58. The van der Waals surface area contributed by atoms with Crippen molar-refractivity contribution in [1.82, 2.24) is 25.1 Å². The van der Waals surface area contributed by atoms with Gasteiger partial charge in [-0.3, -0.25) is 4.79 Å². The van der Waals surface area contributed by atoms with Gasteiger partial charge >= 0.3 is 6.18 Å². The second kappa shape index (κ2) is 7.50. The maximum absolute atomic E-state index is 13.1. The van der Waals surface area contributed by atoms with Crippen LogP contribution in [0.5, 0.6) is 0 Å². The number of tetrazole rings is 1. The summed E-state index contributed by atoms with van der Waals surface area (Å²) in [6.07, 6.45) is 0.427. The maximum atomic E-state index is 13.1. The Hall–Kier alpha value is -2.71. The number of carbonyl (C=O) groups is 1. The first-order valence-electron chi connectivity index (χ1n) is 8.67. The molecule has 1 fully saturated rings. The Morgan fingerprint density at radius 2 is 2.15 bits per heavy atom. The number of halogens is 3. The van der Waals surface area contributed by atoms with Crippen LogP contribution < -0.4 is 0 Å². The molecule has 1 unspecified atom stereocenters. The van der Waals surface area contributed by atoms with Gasteiger partial charge in [-0.2, -0.15) is 18.0 Å². The van der Waals surface area contributed by atoms with E-state index >= 15 is 0 Å². The molecule has 0 spiro atoms. The monoisotopic (exact) mass is 379 g/mol. The fourth-order valence-corrected chi connectivity index (χ4v) is 3.14. The van der Waals surface area contributed by atoms with Crippen molar-refractivity contribution in [2.75, 3.05) is 6.54 Å². The molecule has 1 saturated heterocycles. The number of hydrogen-bond donors (Lipinski definition) is 0. The van der Waals surface area contributed by atoms with E-state index in [2.05, 4.69) is 15.4 Å². The topological polar surface area (TPSA) is 63.9 Å². The summed E-state index contributed by atoms with van der Waals surface area (Å²) in [4.78, 5) is 15.3. The van der Waals surface area contributed by atoms with E-state index in [1.54, 1.807) is 17.9 Å². The molecule has 3 rings (SSSR count). The van der Waals surface area contributed by atoms with Gasteiger partial charge < -0.3 is 4.90 Å². The summed E-state index contributed by atoms with van der Waals surface area (Å²) in [5.41, 5.74) is 0.116. The molecule has 2 heterocycles. The Morgan fingerprint density at radius 3 is 2.74 bits per heavy atom. The van der Waals surface area contributed by atoms with E-state index in [0.717, 1.165) is 25.0 Å². The summed E-state index contributed by atoms with van der Waals surface area (Å²) in [5, 5.41) is 11.6. The Morgan fingerprint density at radius 1 is 1.37 bits per heavy atom. The van der Waals surface area contributed by atoms with Crippen LogP contribution in [-0.4, -0.2) is 43.6 Å². The largest absolute Gasteiger partial charge is 0.416 e. The van der Waals surface area contributed by atoms with Crippen LogP contribution in [0.25, 0.3) is 6.08 Å². The molecule has 1 atom stereocenters. The smallest absolute Gasteiger partial charge is 0.336 e. The molecule has 6 nitrogen and oxygen atoms in total. The van der Waals surface area contributed by atoms with Crippen molar-refractivity contribution in [2.24, 2.45) is 0 Å². The Bertz CT molecular complexity index is 859. The van der Waals surface area contributed by atoms with Crippen LogP contribution in [0, 0.1) is 6.92 Å². The summed E-state index contributed by atoms with van der Waals surface area (Å²) in [6, 6.07) is 3.60. The van der Waals surface area contributed by atoms with E-state index in [1.165, 1.54) is 16.9 Å². The average Bonchev–Trinajstić information content (AvgIpc) is 3.20. The first-order valence-corrected chi connectivity index (χ1v) is 8.67. The summed E-state index contributed by atoms with van der Waals surface area (Å²) < 4.78 is 39.2. The van der Waals surface area contributed by atoms with Crippen LogP contribution in [0.4, 0.5) is 13.2 Å². The van der Waals surface area contributed by atoms with E-state index in [1.807, 2.05) is 6.92 Å². The number of nitrogens with zero attached hydrogens (tertiary/aromatic N) is 5. The molecule has 0 N–H and O–H groups in total. The lowest BCUT2D eigenvalue weighted by Gasteiger charge is -2.19. The number of hydrogen-bond acceptors (Lipinski definition) is 4. The third kappa shape index (κ3) is 4.53. The average molecular weight is 379 g/mol. The summed E-state index contributed by atoms with van der Waals surface area (Å²) in [6.45, 7) is 4.36. The minimum Gasteiger partial charge on any atom is -0.336 e. The highest BCUT2D eigenvalue weighted by Gasteiger charge is 2.31. The molecule has 1 aromatic heterocycles. The number of rotatable bonds is 4.